The first-order valence-electron chi connectivity index (χ1n) is 16.0. The highest BCUT2D eigenvalue weighted by Gasteiger charge is 2.56. The minimum atomic E-state index is -0.195. The number of fused-ring (bicyclic) bond motifs is 1. The van der Waals surface area contributed by atoms with Crippen molar-refractivity contribution in [2.24, 2.45) is 11.3 Å². The minimum absolute atomic E-state index is 0.0570. The van der Waals surface area contributed by atoms with Gasteiger partial charge in [-0.25, -0.2) is 15.0 Å². The Kier molecular flexibility index (Phi) is 7.83. The van der Waals surface area contributed by atoms with Gasteiger partial charge in [-0.05, 0) is 89.2 Å². The summed E-state index contributed by atoms with van der Waals surface area (Å²) in [5, 5.41) is 0. The van der Waals surface area contributed by atoms with Gasteiger partial charge in [0.2, 0.25) is 0 Å². The van der Waals surface area contributed by atoms with Crippen LogP contribution in [0.2, 0.25) is 0 Å². The average Bonchev–Trinajstić information content (AvgIpc) is 3.10. The fraction of sp³-hybridized carbons (Fsp3) is 0.526. The van der Waals surface area contributed by atoms with Gasteiger partial charge in [0.25, 0.3) is 0 Å². The highest BCUT2D eigenvalue weighted by atomic mass is 15.0. The molecule has 2 heterocycles. The molecule has 2 aliphatic rings. The van der Waals surface area contributed by atoms with Gasteiger partial charge in [-0.3, -0.25) is 4.98 Å². The molecule has 0 fully saturated rings. The van der Waals surface area contributed by atoms with Crippen molar-refractivity contribution < 1.29 is 0 Å². The van der Waals surface area contributed by atoms with Crippen LogP contribution in [0.5, 0.6) is 0 Å². The van der Waals surface area contributed by atoms with Crippen LogP contribution in [0.3, 0.4) is 0 Å². The van der Waals surface area contributed by atoms with Crippen molar-refractivity contribution in [1.82, 2.24) is 19.9 Å². The number of pyridine rings is 1. The predicted octanol–water partition coefficient (Wildman–Crippen LogP) is 10.0. The number of rotatable bonds is 8. The third kappa shape index (κ3) is 4.85. The SMILES string of the molecule is C=CCC(C)(CC)c1nc(C2=CCCC(CC)C2)nc(-c2ccc(-c3ccc4c(c3)C(C)(C)C(C)(C)C4(C)C)nc2)n1. The Hall–Kier alpha value is -3.14. The first-order valence-corrected chi connectivity index (χ1v) is 16.0. The molecule has 4 nitrogen and oxygen atoms in total. The molecule has 0 amide bonds. The number of hydrogen-bond acceptors (Lipinski definition) is 4. The Bertz CT molecular complexity index is 1510. The van der Waals surface area contributed by atoms with Gasteiger partial charge in [0.1, 0.15) is 5.82 Å². The van der Waals surface area contributed by atoms with Gasteiger partial charge < -0.3 is 0 Å². The zero-order valence-electron chi connectivity index (χ0n) is 27.4. The van der Waals surface area contributed by atoms with Crippen LogP contribution in [-0.4, -0.2) is 19.9 Å². The fourth-order valence-electron chi connectivity index (χ4n) is 7.07. The molecule has 2 unspecified atom stereocenters. The van der Waals surface area contributed by atoms with Crippen molar-refractivity contribution in [2.75, 3.05) is 0 Å². The highest BCUT2D eigenvalue weighted by molar-refractivity contribution is 5.68. The molecule has 3 aromatic rings. The van der Waals surface area contributed by atoms with E-state index in [1.165, 1.54) is 29.5 Å². The van der Waals surface area contributed by atoms with Crippen LogP contribution >= 0.6 is 0 Å². The zero-order chi connectivity index (χ0) is 30.5. The smallest absolute Gasteiger partial charge is 0.165 e. The molecular weight excluding hydrogens is 512 g/mol. The second-order valence-corrected chi connectivity index (χ2v) is 14.6. The summed E-state index contributed by atoms with van der Waals surface area (Å²) in [5.74, 6) is 3.07. The Morgan fingerprint density at radius 2 is 1.60 bits per heavy atom. The van der Waals surface area contributed by atoms with Crippen LogP contribution in [0.15, 0.2) is 55.3 Å². The maximum Gasteiger partial charge on any atom is 0.165 e. The molecule has 4 heteroatoms. The summed E-state index contributed by atoms with van der Waals surface area (Å²) in [5.41, 5.74) is 7.28. The van der Waals surface area contributed by atoms with Crippen LogP contribution in [0.4, 0.5) is 0 Å². The van der Waals surface area contributed by atoms with E-state index in [0.717, 1.165) is 54.2 Å². The van der Waals surface area contributed by atoms with Crippen LogP contribution in [0.1, 0.15) is 124 Å². The Morgan fingerprint density at radius 1 is 0.905 bits per heavy atom. The first-order chi connectivity index (χ1) is 19.8. The molecule has 0 bridgehead atoms. The number of benzene rings is 1. The Labute approximate surface area is 254 Å². The molecular formula is C38H50N4. The second-order valence-electron chi connectivity index (χ2n) is 14.6. The summed E-state index contributed by atoms with van der Waals surface area (Å²) < 4.78 is 0. The van der Waals surface area contributed by atoms with E-state index >= 15 is 0 Å². The third-order valence-corrected chi connectivity index (χ3v) is 11.7. The normalized spacial score (nSPS) is 21.7. The number of nitrogens with zero attached hydrogens (tertiary/aromatic N) is 4. The van der Waals surface area contributed by atoms with Crippen molar-refractivity contribution >= 4 is 5.57 Å². The molecule has 0 N–H and O–H groups in total. The topological polar surface area (TPSA) is 51.6 Å². The molecule has 2 aromatic heterocycles. The van der Waals surface area contributed by atoms with Crippen LogP contribution in [0, 0.1) is 11.3 Å². The third-order valence-electron chi connectivity index (χ3n) is 11.7. The van der Waals surface area contributed by atoms with Crippen molar-refractivity contribution in [1.29, 1.82) is 0 Å². The van der Waals surface area contributed by atoms with Gasteiger partial charge in [-0.15, -0.1) is 6.58 Å². The van der Waals surface area contributed by atoms with Gasteiger partial charge in [-0.1, -0.05) is 93.0 Å². The number of hydrogen-bond donors (Lipinski definition) is 0. The Balaban J connectivity index is 1.55. The minimum Gasteiger partial charge on any atom is -0.255 e. The van der Waals surface area contributed by atoms with Gasteiger partial charge in [0, 0.05) is 22.7 Å². The summed E-state index contributed by atoms with van der Waals surface area (Å²) in [7, 11) is 0. The van der Waals surface area contributed by atoms with E-state index in [1.54, 1.807) is 0 Å². The summed E-state index contributed by atoms with van der Waals surface area (Å²) in [6, 6.07) is 11.2. The maximum absolute atomic E-state index is 5.09. The highest BCUT2D eigenvalue weighted by Crippen LogP contribution is 2.61. The van der Waals surface area contributed by atoms with E-state index in [9.17, 15) is 0 Å². The van der Waals surface area contributed by atoms with Crippen molar-refractivity contribution in [2.45, 2.75) is 117 Å². The molecule has 1 aromatic carbocycles. The van der Waals surface area contributed by atoms with Gasteiger partial charge in [0.15, 0.2) is 11.6 Å². The number of allylic oxidation sites excluding steroid dienone is 3. The maximum atomic E-state index is 5.09. The summed E-state index contributed by atoms with van der Waals surface area (Å²) in [4.78, 5) is 20.2. The molecule has 0 radical (unpaired) electrons. The van der Waals surface area contributed by atoms with Crippen LogP contribution in [-0.2, 0) is 16.2 Å². The lowest BCUT2D eigenvalue weighted by Gasteiger charge is -2.44. The zero-order valence-corrected chi connectivity index (χ0v) is 27.4. The van der Waals surface area contributed by atoms with Gasteiger partial charge in [-0.2, -0.15) is 0 Å². The van der Waals surface area contributed by atoms with E-state index in [-0.39, 0.29) is 21.7 Å². The van der Waals surface area contributed by atoms with Crippen molar-refractivity contribution in [3.63, 3.8) is 0 Å². The number of aromatic nitrogens is 4. The lowest BCUT2D eigenvalue weighted by Crippen LogP contribution is -2.42. The monoisotopic (exact) mass is 562 g/mol. The second kappa shape index (κ2) is 10.8. The molecule has 2 atom stereocenters. The largest absolute Gasteiger partial charge is 0.255 e. The quantitative estimate of drug-likeness (QED) is 0.256. The first kappa shape index (κ1) is 30.3. The van der Waals surface area contributed by atoms with Gasteiger partial charge in [0.05, 0.1) is 5.69 Å². The molecule has 0 saturated carbocycles. The predicted molar refractivity (Wildman–Crippen MR) is 176 cm³/mol. The summed E-state index contributed by atoms with van der Waals surface area (Å²) >= 11 is 0. The summed E-state index contributed by atoms with van der Waals surface area (Å²) in [6.07, 6.45) is 12.6. The lowest BCUT2D eigenvalue weighted by molar-refractivity contribution is 0.125. The lowest BCUT2D eigenvalue weighted by atomic mass is 9.59. The van der Waals surface area contributed by atoms with Gasteiger partial charge >= 0.3 is 0 Å². The molecule has 2 aliphatic carbocycles. The molecule has 5 rings (SSSR count). The average molecular weight is 563 g/mol. The van der Waals surface area contributed by atoms with E-state index in [2.05, 4.69) is 105 Å². The molecule has 222 valence electrons. The van der Waals surface area contributed by atoms with Crippen molar-refractivity contribution in [3.05, 3.63) is 78.0 Å². The standard InChI is InChI=1S/C38H50N4/c1-11-21-38(10,13-3)34-41-32(27-16-14-15-25(12-2)22-27)40-33(42-34)28-18-20-31(39-24-28)26-17-19-29-30(23-26)36(6,7)37(8,9)35(29,4)5/h11,16-20,23-25H,1,12-15,21-22H2,2-10H3. The van der Waals surface area contributed by atoms with E-state index in [4.69, 9.17) is 19.9 Å². The molecule has 0 saturated heterocycles. The van der Waals surface area contributed by atoms with Crippen LogP contribution in [0.25, 0.3) is 28.2 Å². The molecule has 0 spiro atoms. The fourth-order valence-corrected chi connectivity index (χ4v) is 7.07. The molecule has 0 aliphatic heterocycles. The van der Waals surface area contributed by atoms with E-state index < -0.39 is 0 Å². The van der Waals surface area contributed by atoms with E-state index in [1.807, 2.05) is 12.3 Å². The van der Waals surface area contributed by atoms with E-state index in [0.29, 0.717) is 11.7 Å². The Morgan fingerprint density at radius 3 is 2.24 bits per heavy atom. The van der Waals surface area contributed by atoms with Crippen molar-refractivity contribution in [3.8, 4) is 22.6 Å². The van der Waals surface area contributed by atoms with Crippen LogP contribution < -0.4 is 0 Å². The summed E-state index contributed by atoms with van der Waals surface area (Å²) in [6.45, 7) is 25.1. The molecule has 42 heavy (non-hydrogen) atoms.